The van der Waals surface area contributed by atoms with Gasteiger partial charge in [-0.2, -0.15) is 5.10 Å². The molecule has 2 aliphatic heterocycles. The van der Waals surface area contributed by atoms with Crippen molar-refractivity contribution < 1.29 is 0 Å². The first kappa shape index (κ1) is 13.8. The number of aromatic nitrogens is 2. The molecule has 114 valence electrons. The van der Waals surface area contributed by atoms with Crippen LogP contribution >= 0.6 is 0 Å². The second kappa shape index (κ2) is 5.40. The van der Waals surface area contributed by atoms with Crippen molar-refractivity contribution in [2.24, 2.45) is 7.05 Å². The first-order valence-electron chi connectivity index (χ1n) is 8.21. The van der Waals surface area contributed by atoms with E-state index in [1.165, 1.54) is 29.5 Å². The summed E-state index contributed by atoms with van der Waals surface area (Å²) in [4.78, 5) is 2.69. The van der Waals surface area contributed by atoms with Crippen molar-refractivity contribution in [2.45, 2.75) is 44.8 Å². The summed E-state index contributed by atoms with van der Waals surface area (Å²) < 4.78 is 1.93. The van der Waals surface area contributed by atoms with E-state index in [9.17, 15) is 0 Å². The average Bonchev–Trinajstić information content (AvgIpc) is 2.95. The van der Waals surface area contributed by atoms with Crippen molar-refractivity contribution in [2.75, 3.05) is 0 Å². The molecule has 2 unspecified atom stereocenters. The predicted molar refractivity (Wildman–Crippen MR) is 89.3 cm³/mol. The quantitative estimate of drug-likeness (QED) is 0.863. The van der Waals surface area contributed by atoms with Crippen LogP contribution < -0.4 is 0 Å². The Morgan fingerprint density at radius 3 is 2.68 bits per heavy atom. The summed E-state index contributed by atoms with van der Waals surface area (Å²) in [5.41, 5.74) is 5.43. The van der Waals surface area contributed by atoms with E-state index in [1.807, 2.05) is 11.7 Å². The first-order valence-corrected chi connectivity index (χ1v) is 8.21. The summed E-state index contributed by atoms with van der Waals surface area (Å²) in [6.07, 6.45) is 8.44. The van der Waals surface area contributed by atoms with Crippen molar-refractivity contribution in [3.63, 3.8) is 0 Å². The molecule has 2 aliphatic rings. The molecule has 0 saturated carbocycles. The molecule has 0 aliphatic carbocycles. The van der Waals surface area contributed by atoms with Crippen LogP contribution in [0.5, 0.6) is 0 Å². The highest BCUT2D eigenvalue weighted by Crippen LogP contribution is 2.39. The van der Waals surface area contributed by atoms with Crippen LogP contribution in [0.3, 0.4) is 0 Å². The van der Waals surface area contributed by atoms with E-state index in [1.54, 1.807) is 0 Å². The van der Waals surface area contributed by atoms with E-state index in [0.29, 0.717) is 12.1 Å². The molecule has 2 bridgehead atoms. The fourth-order valence-electron chi connectivity index (χ4n) is 4.07. The predicted octanol–water partition coefficient (Wildman–Crippen LogP) is 3.55. The molecule has 0 spiro atoms. The molecule has 1 aromatic carbocycles. The monoisotopic (exact) mass is 293 g/mol. The third-order valence-electron chi connectivity index (χ3n) is 5.11. The van der Waals surface area contributed by atoms with Crippen LogP contribution in [0.2, 0.25) is 0 Å². The molecule has 2 atom stereocenters. The van der Waals surface area contributed by atoms with Gasteiger partial charge >= 0.3 is 0 Å². The number of hydrogen-bond donors (Lipinski definition) is 0. The number of fused-ring (bicyclic) bond motifs is 2. The molecule has 1 aromatic heterocycles. The van der Waals surface area contributed by atoms with Crippen LogP contribution in [-0.2, 0) is 13.6 Å². The number of aryl methyl sites for hydroxylation is 2. The summed E-state index contributed by atoms with van der Waals surface area (Å²) in [5.74, 6) is 0. The molecular formula is C19H23N3. The van der Waals surface area contributed by atoms with Gasteiger partial charge in [0.05, 0.1) is 5.69 Å². The van der Waals surface area contributed by atoms with Gasteiger partial charge in [0.1, 0.15) is 0 Å². The van der Waals surface area contributed by atoms with Crippen molar-refractivity contribution in [1.29, 1.82) is 0 Å². The van der Waals surface area contributed by atoms with Crippen LogP contribution in [0.4, 0.5) is 0 Å². The smallest absolute Gasteiger partial charge is 0.0668 e. The Hall–Kier alpha value is -1.87. The van der Waals surface area contributed by atoms with E-state index < -0.39 is 0 Å². The van der Waals surface area contributed by atoms with Crippen LogP contribution in [0.15, 0.2) is 42.6 Å². The molecule has 3 heteroatoms. The van der Waals surface area contributed by atoms with Crippen LogP contribution in [0.25, 0.3) is 5.57 Å². The maximum absolute atomic E-state index is 4.51. The third-order valence-corrected chi connectivity index (χ3v) is 5.11. The highest BCUT2D eigenvalue weighted by atomic mass is 15.3. The zero-order valence-corrected chi connectivity index (χ0v) is 13.4. The molecule has 2 aromatic rings. The van der Waals surface area contributed by atoms with Gasteiger partial charge in [0.2, 0.25) is 0 Å². The Bertz CT molecular complexity index is 699. The minimum absolute atomic E-state index is 0.591. The van der Waals surface area contributed by atoms with Crippen molar-refractivity contribution in [3.05, 3.63) is 59.4 Å². The van der Waals surface area contributed by atoms with Crippen LogP contribution in [0.1, 0.15) is 36.1 Å². The van der Waals surface area contributed by atoms with Crippen molar-refractivity contribution in [1.82, 2.24) is 14.7 Å². The van der Waals surface area contributed by atoms with Gasteiger partial charge in [-0.15, -0.1) is 0 Å². The third kappa shape index (κ3) is 2.40. The molecule has 0 N–H and O–H groups in total. The maximum atomic E-state index is 4.51. The number of rotatable bonds is 3. The van der Waals surface area contributed by atoms with Gasteiger partial charge in [-0.25, -0.2) is 0 Å². The standard InChI is InChI=1S/C19H23N3/c1-14-19(13-21(2)20-14)16-10-17-8-9-18(11-16)22(17)12-15-6-4-3-5-7-15/h3-7,10,13,17-18H,8-9,11-12H2,1-2H3. The Morgan fingerprint density at radius 2 is 2.00 bits per heavy atom. The van der Waals surface area contributed by atoms with E-state index in [4.69, 9.17) is 0 Å². The molecule has 1 fully saturated rings. The largest absolute Gasteiger partial charge is 0.289 e. The minimum atomic E-state index is 0.591. The Balaban J connectivity index is 1.59. The zero-order chi connectivity index (χ0) is 15.1. The van der Waals surface area contributed by atoms with E-state index in [0.717, 1.165) is 18.7 Å². The van der Waals surface area contributed by atoms with Gasteiger partial charge in [-0.3, -0.25) is 9.58 Å². The lowest BCUT2D eigenvalue weighted by Gasteiger charge is -2.34. The zero-order valence-electron chi connectivity index (χ0n) is 13.4. The van der Waals surface area contributed by atoms with Gasteiger partial charge in [0, 0.05) is 37.4 Å². The topological polar surface area (TPSA) is 21.1 Å². The van der Waals surface area contributed by atoms with Gasteiger partial charge in [0.25, 0.3) is 0 Å². The summed E-state index contributed by atoms with van der Waals surface area (Å²) in [5, 5.41) is 4.51. The lowest BCUT2D eigenvalue weighted by molar-refractivity contribution is 0.203. The number of hydrogen-bond acceptors (Lipinski definition) is 2. The lowest BCUT2D eigenvalue weighted by atomic mass is 9.95. The average molecular weight is 293 g/mol. The van der Waals surface area contributed by atoms with Gasteiger partial charge in [-0.05, 0) is 37.3 Å². The highest BCUT2D eigenvalue weighted by Gasteiger charge is 2.36. The first-order chi connectivity index (χ1) is 10.7. The lowest BCUT2D eigenvalue weighted by Crippen LogP contribution is -2.37. The number of nitrogens with zero attached hydrogens (tertiary/aromatic N) is 3. The summed E-state index contributed by atoms with van der Waals surface area (Å²) in [7, 11) is 2.01. The Morgan fingerprint density at radius 1 is 1.18 bits per heavy atom. The van der Waals surface area contributed by atoms with Crippen molar-refractivity contribution >= 4 is 5.57 Å². The molecule has 22 heavy (non-hydrogen) atoms. The summed E-state index contributed by atoms with van der Waals surface area (Å²) in [6, 6.07) is 12.1. The molecule has 3 heterocycles. The molecule has 3 nitrogen and oxygen atoms in total. The molecule has 4 rings (SSSR count). The second-order valence-electron chi connectivity index (χ2n) is 6.65. The Labute approximate surface area is 132 Å². The van der Waals surface area contributed by atoms with Crippen LogP contribution in [0, 0.1) is 6.92 Å². The number of benzene rings is 1. The normalized spacial score (nSPS) is 24.5. The minimum Gasteiger partial charge on any atom is -0.289 e. The molecular weight excluding hydrogens is 270 g/mol. The maximum Gasteiger partial charge on any atom is 0.0668 e. The highest BCUT2D eigenvalue weighted by molar-refractivity contribution is 5.69. The molecule has 0 radical (unpaired) electrons. The fraction of sp³-hybridized carbons (Fsp3) is 0.421. The second-order valence-corrected chi connectivity index (χ2v) is 6.65. The summed E-state index contributed by atoms with van der Waals surface area (Å²) >= 11 is 0. The summed E-state index contributed by atoms with van der Waals surface area (Å²) in [6.45, 7) is 3.19. The van der Waals surface area contributed by atoms with E-state index in [-0.39, 0.29) is 0 Å². The van der Waals surface area contributed by atoms with Gasteiger partial charge in [0.15, 0.2) is 0 Å². The van der Waals surface area contributed by atoms with E-state index in [2.05, 4.69) is 59.5 Å². The van der Waals surface area contributed by atoms with E-state index >= 15 is 0 Å². The van der Waals surface area contributed by atoms with Crippen molar-refractivity contribution in [3.8, 4) is 0 Å². The van der Waals surface area contributed by atoms with Gasteiger partial charge < -0.3 is 0 Å². The molecule has 1 saturated heterocycles. The van der Waals surface area contributed by atoms with Gasteiger partial charge in [-0.1, -0.05) is 36.4 Å². The van der Waals surface area contributed by atoms with Crippen LogP contribution in [-0.4, -0.2) is 26.8 Å². The molecule has 0 amide bonds. The Kier molecular flexibility index (Phi) is 3.38. The fourth-order valence-corrected chi connectivity index (χ4v) is 4.07. The SMILES string of the molecule is Cc1nn(C)cc1C1=CC2CCC(C1)N2Cc1ccccc1.